The Labute approximate surface area is 170 Å². The van der Waals surface area contributed by atoms with Gasteiger partial charge in [-0.25, -0.2) is 0 Å². The van der Waals surface area contributed by atoms with E-state index in [-0.39, 0.29) is 12.5 Å². The Morgan fingerprint density at radius 3 is 2.48 bits per heavy atom. The van der Waals surface area contributed by atoms with E-state index in [1.54, 1.807) is 36.4 Å². The molecular weight excluding hydrogens is 368 g/mol. The summed E-state index contributed by atoms with van der Waals surface area (Å²) in [5, 5.41) is 2.80. The van der Waals surface area contributed by atoms with Gasteiger partial charge in [-0.1, -0.05) is 54.4 Å². The minimum atomic E-state index is -1.09. The molecule has 1 aliphatic rings. The van der Waals surface area contributed by atoms with Crippen molar-refractivity contribution < 1.29 is 19.1 Å². The first-order valence-corrected chi connectivity index (χ1v) is 9.92. The van der Waals surface area contributed by atoms with Crippen LogP contribution in [-0.4, -0.2) is 35.8 Å². The number of carbonyl (C=O) groups excluding carboxylic acids is 3. The van der Waals surface area contributed by atoms with Gasteiger partial charge in [0.1, 0.15) is 6.54 Å². The number of esters is 1. The molecule has 2 amide bonds. The molecule has 29 heavy (non-hydrogen) atoms. The van der Waals surface area contributed by atoms with Crippen LogP contribution >= 0.6 is 0 Å². The maximum Gasteiger partial charge on any atom is 0.326 e. The molecule has 3 rings (SSSR count). The Hall–Kier alpha value is -3.15. The number of hydrogen-bond acceptors (Lipinski definition) is 4. The van der Waals surface area contributed by atoms with Gasteiger partial charge in [0.25, 0.3) is 5.91 Å². The molecule has 2 aromatic carbocycles. The zero-order valence-corrected chi connectivity index (χ0v) is 16.6. The van der Waals surface area contributed by atoms with Crippen molar-refractivity contribution in [2.45, 2.75) is 38.7 Å². The van der Waals surface area contributed by atoms with Gasteiger partial charge in [-0.15, -0.1) is 0 Å². The summed E-state index contributed by atoms with van der Waals surface area (Å²) >= 11 is 0. The van der Waals surface area contributed by atoms with E-state index < -0.39 is 18.0 Å². The average molecular weight is 394 g/mol. The molecule has 1 saturated heterocycles. The van der Waals surface area contributed by atoms with Crippen LogP contribution in [0.1, 0.15) is 42.9 Å². The zero-order chi connectivity index (χ0) is 20.6. The van der Waals surface area contributed by atoms with Crippen molar-refractivity contribution in [3.8, 4) is 0 Å². The molecule has 1 N–H and O–H groups in total. The predicted octanol–water partition coefficient (Wildman–Crippen LogP) is 3.62. The lowest BCUT2D eigenvalue weighted by Crippen LogP contribution is -2.37. The molecule has 0 aliphatic carbocycles. The molecule has 1 heterocycles. The Morgan fingerprint density at radius 2 is 1.76 bits per heavy atom. The predicted molar refractivity (Wildman–Crippen MR) is 110 cm³/mol. The molecule has 6 heteroatoms. The van der Waals surface area contributed by atoms with E-state index >= 15 is 0 Å². The standard InChI is InChI=1S/C23H26N2O4/c1-17-11-13-19(14-12-17)24-23(28)22(18-8-4-2-5-9-18)29-21(27)16-25-15-7-3-6-10-20(25)26/h2,4-5,8-9,11-14,22H,3,6-7,10,15-16H2,1H3,(H,24,28)/t22-/m1/s1. The summed E-state index contributed by atoms with van der Waals surface area (Å²) in [6.45, 7) is 2.36. The second kappa shape index (κ2) is 9.87. The van der Waals surface area contributed by atoms with Crippen molar-refractivity contribution >= 4 is 23.5 Å². The highest BCUT2D eigenvalue weighted by atomic mass is 16.5. The first kappa shape index (κ1) is 20.6. The fraction of sp³-hybridized carbons (Fsp3) is 0.348. The summed E-state index contributed by atoms with van der Waals surface area (Å²) in [4.78, 5) is 39.1. The van der Waals surface area contributed by atoms with Crippen LogP contribution in [0.3, 0.4) is 0 Å². The number of rotatable bonds is 6. The van der Waals surface area contributed by atoms with E-state index in [0.717, 1.165) is 24.8 Å². The van der Waals surface area contributed by atoms with Crippen LogP contribution in [0, 0.1) is 6.92 Å². The minimum Gasteiger partial charge on any atom is -0.446 e. The van der Waals surface area contributed by atoms with Crippen LogP contribution in [0.15, 0.2) is 54.6 Å². The molecule has 0 bridgehead atoms. The number of ether oxygens (including phenoxy) is 1. The molecule has 0 unspecified atom stereocenters. The Balaban J connectivity index is 1.71. The molecule has 1 fully saturated rings. The maximum atomic E-state index is 12.9. The van der Waals surface area contributed by atoms with Crippen molar-refractivity contribution in [1.82, 2.24) is 4.90 Å². The number of hydrogen-bond donors (Lipinski definition) is 1. The smallest absolute Gasteiger partial charge is 0.326 e. The number of nitrogens with zero attached hydrogens (tertiary/aromatic N) is 1. The lowest BCUT2D eigenvalue weighted by molar-refractivity contribution is -0.157. The third-order valence-electron chi connectivity index (χ3n) is 4.90. The molecular formula is C23H26N2O4. The van der Waals surface area contributed by atoms with Gasteiger partial charge < -0.3 is 15.0 Å². The van der Waals surface area contributed by atoms with E-state index in [9.17, 15) is 14.4 Å². The van der Waals surface area contributed by atoms with Crippen molar-refractivity contribution in [2.75, 3.05) is 18.4 Å². The third-order valence-corrected chi connectivity index (χ3v) is 4.90. The first-order chi connectivity index (χ1) is 14.0. The molecule has 0 aromatic heterocycles. The van der Waals surface area contributed by atoms with Gasteiger partial charge in [0.2, 0.25) is 12.0 Å². The fourth-order valence-corrected chi connectivity index (χ4v) is 3.28. The average Bonchev–Trinajstić information content (AvgIpc) is 2.92. The Bertz CT molecular complexity index is 849. The van der Waals surface area contributed by atoms with Crippen LogP contribution in [0.25, 0.3) is 0 Å². The topological polar surface area (TPSA) is 75.7 Å². The highest BCUT2D eigenvalue weighted by molar-refractivity contribution is 5.96. The summed E-state index contributed by atoms with van der Waals surface area (Å²) in [5.74, 6) is -1.07. The van der Waals surface area contributed by atoms with Crippen molar-refractivity contribution in [3.05, 3.63) is 65.7 Å². The van der Waals surface area contributed by atoms with E-state index in [4.69, 9.17) is 4.74 Å². The van der Waals surface area contributed by atoms with Crippen LogP contribution in [0.5, 0.6) is 0 Å². The molecule has 152 valence electrons. The van der Waals surface area contributed by atoms with Crippen LogP contribution in [-0.2, 0) is 19.1 Å². The van der Waals surface area contributed by atoms with Crippen LogP contribution < -0.4 is 5.32 Å². The second-order valence-electron chi connectivity index (χ2n) is 7.26. The van der Waals surface area contributed by atoms with Gasteiger partial charge in [-0.3, -0.25) is 14.4 Å². The van der Waals surface area contributed by atoms with E-state index in [2.05, 4.69) is 5.32 Å². The van der Waals surface area contributed by atoms with E-state index in [0.29, 0.717) is 24.2 Å². The second-order valence-corrected chi connectivity index (χ2v) is 7.26. The zero-order valence-electron chi connectivity index (χ0n) is 16.6. The highest BCUT2D eigenvalue weighted by Gasteiger charge is 2.27. The fourth-order valence-electron chi connectivity index (χ4n) is 3.28. The Morgan fingerprint density at radius 1 is 1.03 bits per heavy atom. The number of amides is 2. The largest absolute Gasteiger partial charge is 0.446 e. The van der Waals surface area contributed by atoms with Gasteiger partial charge >= 0.3 is 5.97 Å². The minimum absolute atomic E-state index is 0.0418. The van der Waals surface area contributed by atoms with Gasteiger partial charge in [-0.05, 0) is 31.9 Å². The van der Waals surface area contributed by atoms with Gasteiger partial charge in [0.05, 0.1) is 0 Å². The lowest BCUT2D eigenvalue weighted by Gasteiger charge is -2.22. The summed E-state index contributed by atoms with van der Waals surface area (Å²) in [5.41, 5.74) is 2.28. The molecule has 6 nitrogen and oxygen atoms in total. The van der Waals surface area contributed by atoms with Gasteiger partial charge in [0.15, 0.2) is 0 Å². The van der Waals surface area contributed by atoms with Gasteiger partial charge in [-0.2, -0.15) is 0 Å². The Kier molecular flexibility index (Phi) is 7.00. The van der Waals surface area contributed by atoms with Gasteiger partial charge in [0, 0.05) is 24.2 Å². The maximum absolute atomic E-state index is 12.9. The molecule has 0 spiro atoms. The molecule has 0 saturated carbocycles. The SMILES string of the molecule is Cc1ccc(NC(=O)[C@H](OC(=O)CN2CCCCCC2=O)c2ccccc2)cc1. The summed E-state index contributed by atoms with van der Waals surface area (Å²) in [6.07, 6.45) is 2.05. The number of benzene rings is 2. The van der Waals surface area contributed by atoms with E-state index in [1.807, 2.05) is 25.1 Å². The number of nitrogens with one attached hydrogen (secondary N) is 1. The number of carbonyl (C=O) groups is 3. The number of likely N-dealkylation sites (tertiary alicyclic amines) is 1. The number of anilines is 1. The van der Waals surface area contributed by atoms with Crippen LogP contribution in [0.2, 0.25) is 0 Å². The molecule has 0 radical (unpaired) electrons. The quantitative estimate of drug-likeness (QED) is 0.760. The van der Waals surface area contributed by atoms with Crippen molar-refractivity contribution in [2.24, 2.45) is 0 Å². The lowest BCUT2D eigenvalue weighted by atomic mass is 10.1. The molecule has 1 atom stereocenters. The monoisotopic (exact) mass is 394 g/mol. The van der Waals surface area contributed by atoms with Crippen molar-refractivity contribution in [3.63, 3.8) is 0 Å². The summed E-state index contributed by atoms with van der Waals surface area (Å²) in [6, 6.07) is 16.3. The highest BCUT2D eigenvalue weighted by Crippen LogP contribution is 2.21. The molecule has 2 aromatic rings. The number of aryl methyl sites for hydroxylation is 1. The molecule has 1 aliphatic heterocycles. The summed E-state index contributed by atoms with van der Waals surface area (Å²) in [7, 11) is 0. The van der Waals surface area contributed by atoms with Crippen LogP contribution in [0.4, 0.5) is 5.69 Å². The first-order valence-electron chi connectivity index (χ1n) is 9.92. The van der Waals surface area contributed by atoms with Crippen molar-refractivity contribution in [1.29, 1.82) is 0 Å². The third kappa shape index (κ3) is 5.91. The van der Waals surface area contributed by atoms with E-state index in [1.165, 1.54) is 4.90 Å². The summed E-state index contributed by atoms with van der Waals surface area (Å²) < 4.78 is 5.54. The normalized spacial score (nSPS) is 15.3.